The Morgan fingerprint density at radius 2 is 1.11 bits per heavy atom. The van der Waals surface area contributed by atoms with Gasteiger partial charge < -0.3 is 4.74 Å². The zero-order chi connectivity index (χ0) is 18.4. The Bertz CT molecular complexity index is 769. The highest BCUT2D eigenvalue weighted by Gasteiger charge is 2.37. The van der Waals surface area contributed by atoms with Crippen LogP contribution in [0.2, 0.25) is 0 Å². The van der Waals surface area contributed by atoms with Gasteiger partial charge in [-0.3, -0.25) is 0 Å². The van der Waals surface area contributed by atoms with Crippen molar-refractivity contribution in [3.63, 3.8) is 0 Å². The molecular weight excluding hydrogens is 328 g/mol. The lowest BCUT2D eigenvalue weighted by Gasteiger charge is -2.36. The monoisotopic (exact) mass is 354 g/mol. The van der Waals surface area contributed by atoms with Crippen LogP contribution < -0.4 is 0 Å². The van der Waals surface area contributed by atoms with Crippen LogP contribution >= 0.6 is 0 Å². The maximum absolute atomic E-state index is 6.86. The number of hydrogen-bond acceptors (Lipinski definition) is 1. The number of benzene rings is 3. The minimum atomic E-state index is -0.609. The molecule has 1 aliphatic rings. The summed E-state index contributed by atoms with van der Waals surface area (Å²) in [5.41, 5.74) is 4.31. The first-order valence-electron chi connectivity index (χ1n) is 9.88. The van der Waals surface area contributed by atoms with E-state index in [1.54, 1.807) is 0 Å². The zero-order valence-corrected chi connectivity index (χ0v) is 15.7. The lowest BCUT2D eigenvalue weighted by atomic mass is 9.80. The molecule has 1 heteroatoms. The van der Waals surface area contributed by atoms with Crippen LogP contribution in [0.4, 0.5) is 0 Å². The van der Waals surface area contributed by atoms with E-state index in [-0.39, 0.29) is 0 Å². The van der Waals surface area contributed by atoms with E-state index < -0.39 is 5.60 Å². The number of ether oxygens (including phenoxy) is 1. The molecule has 0 N–H and O–H groups in total. The summed E-state index contributed by atoms with van der Waals surface area (Å²) in [4.78, 5) is 0. The van der Waals surface area contributed by atoms with E-state index in [1.807, 2.05) is 0 Å². The fraction of sp³-hybridized carbons (Fsp3) is 0.231. The molecule has 0 unspecified atom stereocenters. The average molecular weight is 354 g/mol. The molecule has 1 nitrogen and oxygen atoms in total. The highest BCUT2D eigenvalue weighted by molar-refractivity contribution is 5.47. The third-order valence-electron chi connectivity index (χ3n) is 5.40. The molecule has 0 saturated heterocycles. The van der Waals surface area contributed by atoms with Crippen molar-refractivity contribution in [3.05, 3.63) is 119 Å². The quantitative estimate of drug-likeness (QED) is 0.363. The molecular formula is C26H26O. The van der Waals surface area contributed by atoms with Gasteiger partial charge in [0.1, 0.15) is 5.60 Å². The van der Waals surface area contributed by atoms with E-state index in [9.17, 15) is 0 Å². The van der Waals surface area contributed by atoms with E-state index in [1.165, 1.54) is 41.5 Å². The molecule has 136 valence electrons. The topological polar surface area (TPSA) is 9.23 Å². The summed E-state index contributed by atoms with van der Waals surface area (Å²) in [6, 6.07) is 31.8. The van der Waals surface area contributed by atoms with Gasteiger partial charge >= 0.3 is 0 Å². The largest absolute Gasteiger partial charge is 0.357 e. The van der Waals surface area contributed by atoms with E-state index in [2.05, 4.69) is 97.1 Å². The first-order chi connectivity index (χ1) is 13.4. The third-order valence-corrected chi connectivity index (χ3v) is 5.40. The van der Waals surface area contributed by atoms with Gasteiger partial charge in [-0.25, -0.2) is 0 Å². The highest BCUT2D eigenvalue weighted by Crippen LogP contribution is 2.41. The first kappa shape index (κ1) is 17.8. The molecule has 0 bridgehead atoms. The van der Waals surface area contributed by atoms with Gasteiger partial charge in [0.05, 0.1) is 6.61 Å². The van der Waals surface area contributed by atoms with Crippen molar-refractivity contribution in [2.24, 2.45) is 0 Å². The summed E-state index contributed by atoms with van der Waals surface area (Å²) in [6.07, 6.45) is 7.26. The van der Waals surface area contributed by atoms with Gasteiger partial charge in [-0.15, -0.1) is 0 Å². The molecule has 0 radical (unpaired) electrons. The van der Waals surface area contributed by atoms with Crippen LogP contribution in [0, 0.1) is 0 Å². The molecule has 3 aromatic carbocycles. The van der Waals surface area contributed by atoms with Gasteiger partial charge in [-0.1, -0.05) is 97.1 Å². The van der Waals surface area contributed by atoms with Crippen LogP contribution in [0.3, 0.4) is 0 Å². The third kappa shape index (κ3) is 3.74. The van der Waals surface area contributed by atoms with Crippen molar-refractivity contribution in [3.8, 4) is 0 Å². The van der Waals surface area contributed by atoms with Gasteiger partial charge in [0.25, 0.3) is 0 Å². The Morgan fingerprint density at radius 1 is 0.630 bits per heavy atom. The van der Waals surface area contributed by atoms with E-state index >= 15 is 0 Å². The van der Waals surface area contributed by atoms with E-state index in [0.717, 1.165) is 6.42 Å². The van der Waals surface area contributed by atoms with E-state index in [4.69, 9.17) is 4.74 Å². The Balaban J connectivity index is 1.85. The lowest BCUT2D eigenvalue weighted by molar-refractivity contribution is 0.0262. The smallest absolute Gasteiger partial charge is 0.144 e. The summed E-state index contributed by atoms with van der Waals surface area (Å²) < 4.78 is 6.86. The average Bonchev–Trinajstić information content (AvgIpc) is 2.77. The minimum absolute atomic E-state index is 0.609. The fourth-order valence-electron chi connectivity index (χ4n) is 4.01. The molecule has 0 spiro atoms. The van der Waals surface area contributed by atoms with Crippen molar-refractivity contribution >= 4 is 0 Å². The zero-order valence-electron chi connectivity index (χ0n) is 15.7. The minimum Gasteiger partial charge on any atom is -0.357 e. The van der Waals surface area contributed by atoms with Crippen LogP contribution in [0.15, 0.2) is 103 Å². The first-order valence-corrected chi connectivity index (χ1v) is 9.88. The van der Waals surface area contributed by atoms with Crippen LogP contribution in [-0.4, -0.2) is 6.61 Å². The number of hydrogen-bond donors (Lipinski definition) is 0. The van der Waals surface area contributed by atoms with Gasteiger partial charge in [-0.05, 0) is 47.9 Å². The van der Waals surface area contributed by atoms with Gasteiger partial charge in [-0.2, -0.15) is 0 Å². The predicted molar refractivity (Wildman–Crippen MR) is 112 cm³/mol. The molecule has 0 fully saturated rings. The molecule has 0 heterocycles. The summed E-state index contributed by atoms with van der Waals surface area (Å²) in [7, 11) is 0. The van der Waals surface area contributed by atoms with Crippen LogP contribution in [-0.2, 0) is 10.3 Å². The van der Waals surface area contributed by atoms with Crippen molar-refractivity contribution in [1.82, 2.24) is 0 Å². The number of allylic oxidation sites excluding steroid dienone is 1. The molecule has 0 saturated carbocycles. The molecule has 1 aliphatic carbocycles. The lowest BCUT2D eigenvalue weighted by Crippen LogP contribution is -2.33. The van der Waals surface area contributed by atoms with Crippen LogP contribution in [0.25, 0.3) is 0 Å². The van der Waals surface area contributed by atoms with E-state index in [0.29, 0.717) is 6.61 Å². The summed E-state index contributed by atoms with van der Waals surface area (Å²) >= 11 is 0. The predicted octanol–water partition coefficient (Wildman–Crippen LogP) is 6.50. The molecule has 27 heavy (non-hydrogen) atoms. The highest BCUT2D eigenvalue weighted by atomic mass is 16.5. The second kappa shape index (κ2) is 8.37. The standard InChI is InChI=1S/C26H26O/c1-5-13-22(14-6-1)21-27-26(23-15-7-2-8-16-23,24-17-9-3-10-18-24)25-19-11-4-12-20-25/h2-4,7-13,15-20H,1,5-6,14,21H2. The maximum atomic E-state index is 6.86. The fourth-order valence-corrected chi connectivity index (χ4v) is 4.01. The van der Waals surface area contributed by atoms with Crippen molar-refractivity contribution < 1.29 is 4.74 Å². The molecule has 4 rings (SSSR count). The summed E-state index contributed by atoms with van der Waals surface area (Å²) in [5, 5.41) is 0. The summed E-state index contributed by atoms with van der Waals surface area (Å²) in [6.45, 7) is 0.665. The van der Waals surface area contributed by atoms with Crippen molar-refractivity contribution in [2.75, 3.05) is 6.61 Å². The second-order valence-electron chi connectivity index (χ2n) is 7.18. The normalized spacial score (nSPS) is 14.6. The molecule has 0 aliphatic heterocycles. The Hall–Kier alpha value is -2.64. The Morgan fingerprint density at radius 3 is 1.52 bits per heavy atom. The van der Waals surface area contributed by atoms with Crippen LogP contribution in [0.5, 0.6) is 0 Å². The SMILES string of the molecule is C1=C(COC(c2ccccc2)(c2ccccc2)c2ccccc2)CCCC1. The second-order valence-corrected chi connectivity index (χ2v) is 7.18. The molecule has 0 atom stereocenters. The van der Waals surface area contributed by atoms with Gasteiger partial charge in [0, 0.05) is 0 Å². The van der Waals surface area contributed by atoms with Gasteiger partial charge in [0.15, 0.2) is 0 Å². The van der Waals surface area contributed by atoms with Crippen molar-refractivity contribution in [1.29, 1.82) is 0 Å². The summed E-state index contributed by atoms with van der Waals surface area (Å²) in [5.74, 6) is 0. The van der Waals surface area contributed by atoms with Gasteiger partial charge in [0.2, 0.25) is 0 Å². The van der Waals surface area contributed by atoms with Crippen LogP contribution in [0.1, 0.15) is 42.4 Å². The Kier molecular flexibility index (Phi) is 5.50. The molecule has 3 aromatic rings. The number of rotatable bonds is 6. The van der Waals surface area contributed by atoms with Crippen molar-refractivity contribution in [2.45, 2.75) is 31.3 Å². The molecule has 0 amide bonds. The maximum Gasteiger partial charge on any atom is 0.144 e. The Labute approximate surface area is 162 Å². The molecule has 0 aromatic heterocycles.